The quantitative estimate of drug-likeness (QED) is 0.665. The predicted octanol–water partition coefficient (Wildman–Crippen LogP) is 1.94. The van der Waals surface area contributed by atoms with Crippen LogP contribution in [0, 0.1) is 20.8 Å². The van der Waals surface area contributed by atoms with Gasteiger partial charge in [-0.15, -0.1) is 0 Å². The van der Waals surface area contributed by atoms with Gasteiger partial charge in [0.1, 0.15) is 6.54 Å². The van der Waals surface area contributed by atoms with Crippen LogP contribution in [0.4, 0.5) is 0 Å². The average molecular weight is 407 g/mol. The molecule has 30 heavy (non-hydrogen) atoms. The maximum Gasteiger partial charge on any atom is 0.336 e. The molecule has 1 fully saturated rings. The fraction of sp³-hybridized carbons (Fsp3) is 0.348. The summed E-state index contributed by atoms with van der Waals surface area (Å²) in [5.41, 5.74) is 3.06. The molecule has 1 aliphatic rings. The number of aromatic nitrogens is 2. The second-order valence-corrected chi connectivity index (χ2v) is 7.79. The maximum atomic E-state index is 13.4. The Morgan fingerprint density at radius 3 is 2.40 bits per heavy atom. The van der Waals surface area contributed by atoms with Gasteiger partial charge in [0.25, 0.3) is 5.56 Å². The van der Waals surface area contributed by atoms with Crippen LogP contribution in [0.5, 0.6) is 0 Å². The van der Waals surface area contributed by atoms with Crippen molar-refractivity contribution < 1.29 is 9.53 Å². The molecule has 1 amide bonds. The molecular weight excluding hydrogens is 382 g/mol. The summed E-state index contributed by atoms with van der Waals surface area (Å²) < 4.78 is 7.89. The minimum Gasteiger partial charge on any atom is -0.378 e. The van der Waals surface area contributed by atoms with E-state index in [-0.39, 0.29) is 18.0 Å². The van der Waals surface area contributed by atoms with E-state index in [9.17, 15) is 14.4 Å². The smallest absolute Gasteiger partial charge is 0.336 e. The van der Waals surface area contributed by atoms with Crippen molar-refractivity contribution in [3.05, 3.63) is 73.9 Å². The summed E-state index contributed by atoms with van der Waals surface area (Å²) in [6.45, 7) is 7.67. The van der Waals surface area contributed by atoms with Crippen LogP contribution in [0.15, 0.2) is 46.0 Å². The number of ether oxygens (including phenoxy) is 1. The van der Waals surface area contributed by atoms with Gasteiger partial charge in [0, 0.05) is 13.1 Å². The molecule has 0 aliphatic carbocycles. The molecule has 7 heteroatoms. The van der Waals surface area contributed by atoms with Crippen LogP contribution in [0.2, 0.25) is 0 Å². The number of morpholine rings is 1. The molecule has 0 atom stereocenters. The Hall–Kier alpha value is -3.19. The van der Waals surface area contributed by atoms with Crippen molar-refractivity contribution in [3.8, 4) is 5.69 Å². The molecule has 156 valence electrons. The Labute approximate surface area is 174 Å². The Bertz CT molecular complexity index is 1250. The lowest BCUT2D eigenvalue weighted by Crippen LogP contribution is -2.45. The van der Waals surface area contributed by atoms with E-state index < -0.39 is 5.69 Å². The Balaban J connectivity index is 1.92. The third kappa shape index (κ3) is 3.57. The zero-order valence-corrected chi connectivity index (χ0v) is 17.5. The highest BCUT2D eigenvalue weighted by Crippen LogP contribution is 2.15. The van der Waals surface area contributed by atoms with Crippen molar-refractivity contribution in [1.29, 1.82) is 0 Å². The summed E-state index contributed by atoms with van der Waals surface area (Å²) in [7, 11) is 0. The summed E-state index contributed by atoms with van der Waals surface area (Å²) in [6.07, 6.45) is 0. The van der Waals surface area contributed by atoms with Crippen LogP contribution in [0.3, 0.4) is 0 Å². The number of fused-ring (bicyclic) bond motifs is 1. The molecule has 2 aromatic carbocycles. The summed E-state index contributed by atoms with van der Waals surface area (Å²) in [6, 6.07) is 10.8. The molecule has 0 bridgehead atoms. The zero-order chi connectivity index (χ0) is 21.4. The number of carbonyl (C=O) groups is 1. The summed E-state index contributed by atoms with van der Waals surface area (Å²) in [5.74, 6) is -0.160. The molecule has 1 saturated heterocycles. The van der Waals surface area contributed by atoms with Crippen molar-refractivity contribution in [1.82, 2.24) is 14.0 Å². The summed E-state index contributed by atoms with van der Waals surface area (Å²) in [5, 5.41) is 0.419. The minimum atomic E-state index is -0.513. The lowest BCUT2D eigenvalue weighted by Gasteiger charge is -2.27. The van der Waals surface area contributed by atoms with Gasteiger partial charge < -0.3 is 9.64 Å². The van der Waals surface area contributed by atoms with Gasteiger partial charge in [-0.1, -0.05) is 17.7 Å². The molecule has 0 N–H and O–H groups in total. The first kappa shape index (κ1) is 20.1. The molecule has 0 spiro atoms. The molecule has 7 nitrogen and oxygen atoms in total. The lowest BCUT2D eigenvalue weighted by molar-refractivity contribution is -0.135. The fourth-order valence-corrected chi connectivity index (χ4v) is 3.78. The van der Waals surface area contributed by atoms with Crippen molar-refractivity contribution >= 4 is 16.8 Å². The van der Waals surface area contributed by atoms with Crippen molar-refractivity contribution in [2.24, 2.45) is 0 Å². The highest BCUT2D eigenvalue weighted by Gasteiger charge is 2.21. The highest BCUT2D eigenvalue weighted by atomic mass is 16.5. The fourth-order valence-electron chi connectivity index (χ4n) is 3.78. The number of amides is 1. The van der Waals surface area contributed by atoms with E-state index in [1.54, 1.807) is 23.1 Å². The van der Waals surface area contributed by atoms with Crippen molar-refractivity contribution in [2.45, 2.75) is 27.3 Å². The van der Waals surface area contributed by atoms with Crippen LogP contribution in [-0.2, 0) is 16.1 Å². The molecule has 2 heterocycles. The van der Waals surface area contributed by atoms with E-state index in [0.717, 1.165) is 16.7 Å². The first-order valence-corrected chi connectivity index (χ1v) is 10.1. The molecule has 1 aliphatic heterocycles. The van der Waals surface area contributed by atoms with Crippen LogP contribution >= 0.6 is 0 Å². The maximum absolute atomic E-state index is 13.4. The van der Waals surface area contributed by atoms with Gasteiger partial charge in [0.2, 0.25) is 5.91 Å². The van der Waals surface area contributed by atoms with Gasteiger partial charge >= 0.3 is 5.69 Å². The first-order chi connectivity index (χ1) is 14.4. The van der Waals surface area contributed by atoms with Gasteiger partial charge in [0.15, 0.2) is 0 Å². The lowest BCUT2D eigenvalue weighted by atomic mass is 10.1. The van der Waals surface area contributed by atoms with Gasteiger partial charge in [-0.25, -0.2) is 9.36 Å². The van der Waals surface area contributed by atoms with Crippen molar-refractivity contribution in [3.63, 3.8) is 0 Å². The number of hydrogen-bond donors (Lipinski definition) is 0. The van der Waals surface area contributed by atoms with Crippen LogP contribution in [-0.4, -0.2) is 46.2 Å². The van der Waals surface area contributed by atoms with Crippen molar-refractivity contribution in [2.75, 3.05) is 26.3 Å². The summed E-state index contributed by atoms with van der Waals surface area (Å²) >= 11 is 0. The van der Waals surface area contributed by atoms with E-state index in [4.69, 9.17) is 4.74 Å². The number of carbonyl (C=O) groups excluding carboxylic acids is 1. The van der Waals surface area contributed by atoms with E-state index in [1.807, 2.05) is 39.0 Å². The van der Waals surface area contributed by atoms with E-state index in [1.165, 1.54) is 9.13 Å². The normalized spacial score (nSPS) is 14.3. The Kier molecular flexibility index (Phi) is 5.30. The monoisotopic (exact) mass is 407 g/mol. The molecule has 0 saturated carbocycles. The number of benzene rings is 2. The van der Waals surface area contributed by atoms with Gasteiger partial charge in [-0.05, 0) is 56.2 Å². The zero-order valence-electron chi connectivity index (χ0n) is 17.5. The van der Waals surface area contributed by atoms with Gasteiger partial charge in [0.05, 0.1) is 29.8 Å². The van der Waals surface area contributed by atoms with Crippen LogP contribution in [0.1, 0.15) is 16.7 Å². The minimum absolute atomic E-state index is 0.122. The molecule has 0 radical (unpaired) electrons. The average Bonchev–Trinajstić information content (AvgIpc) is 2.74. The molecule has 4 rings (SSSR count). The Morgan fingerprint density at radius 1 is 0.967 bits per heavy atom. The molecule has 0 unspecified atom stereocenters. The topological polar surface area (TPSA) is 73.5 Å². The molecule has 1 aromatic heterocycles. The van der Waals surface area contributed by atoms with E-state index in [0.29, 0.717) is 42.9 Å². The first-order valence-electron chi connectivity index (χ1n) is 10.1. The summed E-state index contributed by atoms with van der Waals surface area (Å²) in [4.78, 5) is 41.3. The predicted molar refractivity (Wildman–Crippen MR) is 115 cm³/mol. The van der Waals surface area contributed by atoms with E-state index in [2.05, 4.69) is 0 Å². The van der Waals surface area contributed by atoms with Gasteiger partial charge in [-0.3, -0.25) is 14.2 Å². The standard InChI is InChI=1S/C23H25N3O4/c1-15-4-7-20-19(12-15)22(28)26(18-6-5-16(2)17(3)13-18)23(29)25(20)14-21(27)24-8-10-30-11-9-24/h4-7,12-13H,8-11,14H2,1-3H3. The second kappa shape index (κ2) is 7.91. The third-order valence-corrected chi connectivity index (χ3v) is 5.70. The van der Waals surface area contributed by atoms with Crippen LogP contribution in [0.25, 0.3) is 16.6 Å². The second-order valence-electron chi connectivity index (χ2n) is 7.79. The largest absolute Gasteiger partial charge is 0.378 e. The van der Waals surface area contributed by atoms with Gasteiger partial charge in [-0.2, -0.15) is 0 Å². The highest BCUT2D eigenvalue weighted by molar-refractivity contribution is 5.82. The number of aryl methyl sites for hydroxylation is 3. The van der Waals surface area contributed by atoms with E-state index >= 15 is 0 Å². The number of hydrogen-bond acceptors (Lipinski definition) is 4. The van der Waals surface area contributed by atoms with Crippen LogP contribution < -0.4 is 11.2 Å². The SMILES string of the molecule is Cc1ccc2c(c1)c(=O)n(-c1ccc(C)c(C)c1)c(=O)n2CC(=O)N1CCOCC1. The number of nitrogens with zero attached hydrogens (tertiary/aromatic N) is 3. The number of rotatable bonds is 3. The Morgan fingerprint density at radius 2 is 1.70 bits per heavy atom. The third-order valence-electron chi connectivity index (χ3n) is 5.70. The molecule has 3 aromatic rings. The molecular formula is C23H25N3O4.